The number of hydrogen-bond donors (Lipinski definition) is 2. The van der Waals surface area contributed by atoms with Gasteiger partial charge in [-0.1, -0.05) is 13.8 Å². The second-order valence-electron chi connectivity index (χ2n) is 6.11. The Morgan fingerprint density at radius 1 is 1.30 bits per heavy atom. The van der Waals surface area contributed by atoms with Gasteiger partial charge in [0, 0.05) is 6.54 Å². The molecule has 0 aromatic carbocycles. The Balaban J connectivity index is 2.63. The highest BCUT2D eigenvalue weighted by molar-refractivity contribution is 5.80. The van der Waals surface area contributed by atoms with E-state index in [1.165, 1.54) is 0 Å². The van der Waals surface area contributed by atoms with Crippen molar-refractivity contribution < 1.29 is 9.90 Å². The number of nitrogens with one attached hydrogen (secondary N) is 1. The Labute approximate surface area is 123 Å². The number of carboxylic acids is 1. The third-order valence-corrected chi connectivity index (χ3v) is 4.15. The molecule has 0 bridgehead atoms. The van der Waals surface area contributed by atoms with E-state index in [1.54, 1.807) is 0 Å². The van der Waals surface area contributed by atoms with Gasteiger partial charge in [-0.2, -0.15) is 0 Å². The van der Waals surface area contributed by atoms with E-state index in [2.05, 4.69) is 36.1 Å². The van der Waals surface area contributed by atoms with Crippen molar-refractivity contribution >= 4 is 5.97 Å². The summed E-state index contributed by atoms with van der Waals surface area (Å²) in [5.74, 6) is -0.393. The van der Waals surface area contributed by atoms with E-state index in [-0.39, 0.29) is 0 Å². The SMILES string of the molecule is CCNC(CN(CC)CCCN(C)C)(C(=O)O)C1CC1. The van der Waals surface area contributed by atoms with Gasteiger partial charge < -0.3 is 20.2 Å². The summed E-state index contributed by atoms with van der Waals surface area (Å²) in [7, 11) is 4.14. The van der Waals surface area contributed by atoms with Crippen LogP contribution in [0.5, 0.6) is 0 Å². The molecule has 20 heavy (non-hydrogen) atoms. The average molecular weight is 285 g/mol. The molecule has 0 heterocycles. The third-order valence-electron chi connectivity index (χ3n) is 4.15. The lowest BCUT2D eigenvalue weighted by molar-refractivity contribution is -0.147. The third kappa shape index (κ3) is 4.72. The molecule has 0 spiro atoms. The van der Waals surface area contributed by atoms with Crippen LogP contribution in [0.25, 0.3) is 0 Å². The number of nitrogens with zero attached hydrogens (tertiary/aromatic N) is 2. The first kappa shape index (κ1) is 17.4. The molecule has 0 saturated heterocycles. The topological polar surface area (TPSA) is 55.8 Å². The standard InChI is InChI=1S/C15H31N3O2/c1-5-16-15(14(19)20,13-8-9-13)12-18(6-2)11-7-10-17(3)4/h13,16H,5-12H2,1-4H3,(H,19,20). The average Bonchev–Trinajstić information content (AvgIpc) is 3.20. The largest absolute Gasteiger partial charge is 0.480 e. The molecule has 1 fully saturated rings. The van der Waals surface area contributed by atoms with Crippen molar-refractivity contribution in [2.75, 3.05) is 46.8 Å². The van der Waals surface area contributed by atoms with Gasteiger partial charge in [0.25, 0.3) is 0 Å². The summed E-state index contributed by atoms with van der Waals surface area (Å²) >= 11 is 0. The van der Waals surface area contributed by atoms with Gasteiger partial charge in [-0.3, -0.25) is 4.79 Å². The molecule has 0 radical (unpaired) electrons. The van der Waals surface area contributed by atoms with E-state index in [0.29, 0.717) is 19.0 Å². The molecule has 1 unspecified atom stereocenters. The normalized spacial score (nSPS) is 18.5. The maximum atomic E-state index is 11.8. The van der Waals surface area contributed by atoms with Crippen LogP contribution in [-0.2, 0) is 4.79 Å². The summed E-state index contributed by atoms with van der Waals surface area (Å²) in [5, 5.41) is 13.0. The second kappa shape index (κ2) is 7.96. The summed E-state index contributed by atoms with van der Waals surface area (Å²) in [6.45, 7) is 8.33. The van der Waals surface area contributed by atoms with Crippen molar-refractivity contribution in [1.82, 2.24) is 15.1 Å². The molecule has 1 aliphatic carbocycles. The van der Waals surface area contributed by atoms with E-state index >= 15 is 0 Å². The molecule has 0 aliphatic heterocycles. The predicted octanol–water partition coefficient (Wildman–Crippen LogP) is 1.10. The van der Waals surface area contributed by atoms with Gasteiger partial charge in [0.05, 0.1) is 0 Å². The fourth-order valence-corrected chi connectivity index (χ4v) is 2.85. The molecule has 1 saturated carbocycles. The van der Waals surface area contributed by atoms with Crippen molar-refractivity contribution in [1.29, 1.82) is 0 Å². The van der Waals surface area contributed by atoms with Crippen molar-refractivity contribution in [2.24, 2.45) is 5.92 Å². The van der Waals surface area contributed by atoms with E-state index < -0.39 is 11.5 Å². The molecule has 0 amide bonds. The molecule has 0 aromatic heterocycles. The lowest BCUT2D eigenvalue weighted by Crippen LogP contribution is -2.60. The minimum absolute atomic E-state index is 0.294. The molecule has 2 N–H and O–H groups in total. The number of likely N-dealkylation sites (N-methyl/N-ethyl adjacent to an activating group) is 2. The van der Waals surface area contributed by atoms with Crippen LogP contribution in [0.3, 0.4) is 0 Å². The maximum Gasteiger partial charge on any atom is 0.325 e. The molecule has 1 rings (SSSR count). The van der Waals surface area contributed by atoms with Gasteiger partial charge in [-0.25, -0.2) is 0 Å². The van der Waals surface area contributed by atoms with Gasteiger partial charge in [0.15, 0.2) is 0 Å². The maximum absolute atomic E-state index is 11.8. The van der Waals surface area contributed by atoms with Crippen LogP contribution in [0.4, 0.5) is 0 Å². The summed E-state index contributed by atoms with van der Waals surface area (Å²) in [6.07, 6.45) is 3.15. The van der Waals surface area contributed by atoms with Gasteiger partial charge in [0.2, 0.25) is 0 Å². The van der Waals surface area contributed by atoms with E-state index in [4.69, 9.17) is 0 Å². The number of hydrogen-bond acceptors (Lipinski definition) is 4. The first-order valence-corrected chi connectivity index (χ1v) is 7.81. The molecular formula is C15H31N3O2. The zero-order valence-corrected chi connectivity index (χ0v) is 13.5. The first-order chi connectivity index (χ1) is 9.46. The summed E-state index contributed by atoms with van der Waals surface area (Å²) < 4.78 is 0. The summed E-state index contributed by atoms with van der Waals surface area (Å²) in [5.41, 5.74) is -0.747. The minimum Gasteiger partial charge on any atom is -0.480 e. The van der Waals surface area contributed by atoms with Crippen LogP contribution in [0.2, 0.25) is 0 Å². The number of aliphatic carboxylic acids is 1. The zero-order valence-electron chi connectivity index (χ0n) is 13.5. The Hall–Kier alpha value is -0.650. The minimum atomic E-state index is -0.747. The van der Waals surface area contributed by atoms with Crippen molar-refractivity contribution in [3.63, 3.8) is 0 Å². The van der Waals surface area contributed by atoms with Crippen LogP contribution in [0.1, 0.15) is 33.1 Å². The Bertz CT molecular complexity index is 305. The zero-order chi connectivity index (χ0) is 15.2. The van der Waals surface area contributed by atoms with Gasteiger partial charge in [-0.05, 0) is 65.5 Å². The fourth-order valence-electron chi connectivity index (χ4n) is 2.85. The van der Waals surface area contributed by atoms with Crippen LogP contribution < -0.4 is 5.32 Å². The number of carbonyl (C=O) groups is 1. The van der Waals surface area contributed by atoms with Crippen molar-refractivity contribution in [2.45, 2.75) is 38.6 Å². The molecule has 5 heteroatoms. The second-order valence-corrected chi connectivity index (χ2v) is 6.11. The molecule has 0 aromatic rings. The number of rotatable bonds is 11. The van der Waals surface area contributed by atoms with E-state index in [0.717, 1.165) is 38.9 Å². The molecule has 5 nitrogen and oxygen atoms in total. The Morgan fingerprint density at radius 2 is 1.95 bits per heavy atom. The van der Waals surface area contributed by atoms with Crippen LogP contribution in [0, 0.1) is 5.92 Å². The first-order valence-electron chi connectivity index (χ1n) is 7.81. The number of carboxylic acid groups (broad SMARTS) is 1. The lowest BCUT2D eigenvalue weighted by Gasteiger charge is -2.36. The quantitative estimate of drug-likeness (QED) is 0.595. The summed E-state index contributed by atoms with van der Waals surface area (Å²) in [4.78, 5) is 16.3. The fraction of sp³-hybridized carbons (Fsp3) is 0.933. The molecule has 1 atom stereocenters. The van der Waals surface area contributed by atoms with E-state index in [9.17, 15) is 9.90 Å². The molecular weight excluding hydrogens is 254 g/mol. The van der Waals surface area contributed by atoms with Gasteiger partial charge in [-0.15, -0.1) is 0 Å². The molecule has 118 valence electrons. The highest BCUT2D eigenvalue weighted by Gasteiger charge is 2.51. The van der Waals surface area contributed by atoms with Gasteiger partial charge >= 0.3 is 5.97 Å². The highest BCUT2D eigenvalue weighted by atomic mass is 16.4. The highest BCUT2D eigenvalue weighted by Crippen LogP contribution is 2.40. The van der Waals surface area contributed by atoms with Crippen LogP contribution >= 0.6 is 0 Å². The van der Waals surface area contributed by atoms with Crippen molar-refractivity contribution in [3.05, 3.63) is 0 Å². The Morgan fingerprint density at radius 3 is 2.35 bits per heavy atom. The van der Waals surface area contributed by atoms with Crippen LogP contribution in [0.15, 0.2) is 0 Å². The Kier molecular flexibility index (Phi) is 6.92. The van der Waals surface area contributed by atoms with Gasteiger partial charge in [0.1, 0.15) is 5.54 Å². The smallest absolute Gasteiger partial charge is 0.325 e. The van der Waals surface area contributed by atoms with E-state index in [1.807, 2.05) is 6.92 Å². The predicted molar refractivity (Wildman–Crippen MR) is 82.1 cm³/mol. The van der Waals surface area contributed by atoms with Crippen LogP contribution in [-0.4, -0.2) is 73.2 Å². The summed E-state index contributed by atoms with van der Waals surface area (Å²) in [6, 6.07) is 0. The molecule has 1 aliphatic rings. The monoisotopic (exact) mass is 285 g/mol. The van der Waals surface area contributed by atoms with Crippen molar-refractivity contribution in [3.8, 4) is 0 Å². The lowest BCUT2D eigenvalue weighted by atomic mass is 9.92.